The monoisotopic (exact) mass is 282 g/mol. The summed E-state index contributed by atoms with van der Waals surface area (Å²) in [5.41, 5.74) is 6.43. The van der Waals surface area contributed by atoms with Gasteiger partial charge in [-0.15, -0.1) is 0 Å². The molecular formula is C16H30N2O2. The topological polar surface area (TPSA) is 47.7 Å². The minimum absolute atomic E-state index is 0.257. The molecule has 0 aromatic heterocycles. The summed E-state index contributed by atoms with van der Waals surface area (Å²) in [5.74, 6) is 0.455. The van der Waals surface area contributed by atoms with Gasteiger partial charge in [-0.05, 0) is 32.2 Å². The highest BCUT2D eigenvalue weighted by atomic mass is 16.7. The Morgan fingerprint density at radius 1 is 1.05 bits per heavy atom. The third-order valence-corrected chi connectivity index (χ3v) is 5.80. The summed E-state index contributed by atoms with van der Waals surface area (Å²) in [6.07, 6.45) is 8.32. The largest absolute Gasteiger partial charge is 0.347 e. The molecule has 2 saturated carbocycles. The molecule has 0 bridgehead atoms. The quantitative estimate of drug-likeness (QED) is 0.843. The predicted molar refractivity (Wildman–Crippen MR) is 79.4 cm³/mol. The van der Waals surface area contributed by atoms with Crippen LogP contribution < -0.4 is 5.73 Å². The van der Waals surface area contributed by atoms with Gasteiger partial charge in [0, 0.05) is 31.0 Å². The molecule has 0 amide bonds. The Labute approximate surface area is 123 Å². The van der Waals surface area contributed by atoms with E-state index in [1.54, 1.807) is 0 Å². The summed E-state index contributed by atoms with van der Waals surface area (Å²) in [6.45, 7) is 3.88. The van der Waals surface area contributed by atoms with Crippen LogP contribution in [0.2, 0.25) is 0 Å². The molecule has 3 fully saturated rings. The summed E-state index contributed by atoms with van der Waals surface area (Å²) in [7, 11) is 2.27. The van der Waals surface area contributed by atoms with Crippen molar-refractivity contribution in [3.63, 3.8) is 0 Å². The molecule has 0 radical (unpaired) electrons. The van der Waals surface area contributed by atoms with Crippen molar-refractivity contribution in [1.29, 1.82) is 0 Å². The van der Waals surface area contributed by atoms with Gasteiger partial charge in [-0.1, -0.05) is 19.8 Å². The first-order chi connectivity index (χ1) is 9.61. The number of nitrogens with two attached hydrogens (primary N) is 1. The number of nitrogens with zero attached hydrogens (tertiary/aromatic N) is 1. The van der Waals surface area contributed by atoms with Crippen molar-refractivity contribution in [3.8, 4) is 0 Å². The van der Waals surface area contributed by atoms with Gasteiger partial charge in [-0.3, -0.25) is 4.90 Å². The van der Waals surface area contributed by atoms with Gasteiger partial charge >= 0.3 is 0 Å². The molecule has 2 aliphatic carbocycles. The zero-order valence-corrected chi connectivity index (χ0v) is 13.0. The Morgan fingerprint density at radius 3 is 2.45 bits per heavy atom. The molecule has 1 saturated heterocycles. The first-order valence-corrected chi connectivity index (χ1v) is 8.37. The molecule has 4 atom stereocenters. The molecule has 20 heavy (non-hydrogen) atoms. The fourth-order valence-corrected chi connectivity index (χ4v) is 4.50. The average molecular weight is 282 g/mol. The molecular weight excluding hydrogens is 252 g/mol. The summed E-state index contributed by atoms with van der Waals surface area (Å²) in [4.78, 5) is 2.56. The first kappa shape index (κ1) is 14.8. The highest BCUT2D eigenvalue weighted by Crippen LogP contribution is 2.39. The Hall–Kier alpha value is -0.160. The number of rotatable bonds is 2. The average Bonchev–Trinajstić information content (AvgIpc) is 2.90. The van der Waals surface area contributed by atoms with E-state index in [0.29, 0.717) is 12.1 Å². The van der Waals surface area contributed by atoms with Crippen molar-refractivity contribution in [3.05, 3.63) is 0 Å². The van der Waals surface area contributed by atoms with Gasteiger partial charge in [0.1, 0.15) is 0 Å². The van der Waals surface area contributed by atoms with E-state index < -0.39 is 0 Å². The van der Waals surface area contributed by atoms with Crippen LogP contribution in [0.5, 0.6) is 0 Å². The first-order valence-electron chi connectivity index (χ1n) is 8.37. The molecule has 3 aliphatic rings. The van der Waals surface area contributed by atoms with Gasteiger partial charge in [0.25, 0.3) is 0 Å². The molecule has 3 rings (SSSR count). The van der Waals surface area contributed by atoms with Crippen molar-refractivity contribution < 1.29 is 9.47 Å². The van der Waals surface area contributed by atoms with Crippen molar-refractivity contribution in [2.45, 2.75) is 75.8 Å². The van der Waals surface area contributed by atoms with Crippen LogP contribution in [0, 0.1) is 5.92 Å². The van der Waals surface area contributed by atoms with E-state index in [-0.39, 0.29) is 11.8 Å². The van der Waals surface area contributed by atoms with Gasteiger partial charge < -0.3 is 15.2 Å². The summed E-state index contributed by atoms with van der Waals surface area (Å²) in [6, 6.07) is 1.33. The van der Waals surface area contributed by atoms with Crippen LogP contribution in [0.3, 0.4) is 0 Å². The Morgan fingerprint density at radius 2 is 1.75 bits per heavy atom. The van der Waals surface area contributed by atoms with Crippen molar-refractivity contribution in [2.24, 2.45) is 11.7 Å². The zero-order valence-electron chi connectivity index (χ0n) is 13.0. The fraction of sp³-hybridized carbons (Fsp3) is 1.00. The molecule has 116 valence electrons. The molecule has 0 aromatic carbocycles. The molecule has 1 spiro atoms. The van der Waals surface area contributed by atoms with E-state index in [1.807, 2.05) is 0 Å². The van der Waals surface area contributed by atoms with E-state index in [2.05, 4.69) is 18.9 Å². The third kappa shape index (κ3) is 2.76. The van der Waals surface area contributed by atoms with E-state index in [0.717, 1.165) is 38.4 Å². The number of likely N-dealkylation sites (N-methyl/N-ethyl adjacent to an activating group) is 1. The molecule has 4 unspecified atom stereocenters. The Kier molecular flexibility index (Phi) is 4.37. The van der Waals surface area contributed by atoms with Crippen LogP contribution in [0.1, 0.15) is 51.9 Å². The van der Waals surface area contributed by atoms with Gasteiger partial charge in [0.15, 0.2) is 5.79 Å². The second kappa shape index (κ2) is 5.91. The summed E-state index contributed by atoms with van der Waals surface area (Å²) >= 11 is 0. The molecule has 4 heteroatoms. The Bertz CT molecular complexity index is 330. The second-order valence-corrected chi connectivity index (χ2v) is 7.08. The molecule has 0 aromatic rings. The van der Waals surface area contributed by atoms with E-state index in [4.69, 9.17) is 15.2 Å². The SMILES string of the molecule is CC1CCCCC1N(C)C1CC2(CCC1N)OCCO2. The summed E-state index contributed by atoms with van der Waals surface area (Å²) in [5, 5.41) is 0. The third-order valence-electron chi connectivity index (χ3n) is 5.80. The molecule has 1 aliphatic heterocycles. The lowest BCUT2D eigenvalue weighted by Crippen LogP contribution is -2.58. The van der Waals surface area contributed by atoms with Gasteiger partial charge in [0.2, 0.25) is 0 Å². The molecule has 4 nitrogen and oxygen atoms in total. The van der Waals surface area contributed by atoms with Crippen LogP contribution in [0.4, 0.5) is 0 Å². The zero-order chi connectivity index (χ0) is 14.2. The number of hydrogen-bond acceptors (Lipinski definition) is 4. The summed E-state index contributed by atoms with van der Waals surface area (Å²) < 4.78 is 11.8. The maximum atomic E-state index is 6.43. The maximum Gasteiger partial charge on any atom is 0.170 e. The van der Waals surface area contributed by atoms with Gasteiger partial charge in [-0.25, -0.2) is 0 Å². The van der Waals surface area contributed by atoms with Crippen LogP contribution in [-0.4, -0.2) is 49.1 Å². The minimum Gasteiger partial charge on any atom is -0.347 e. The number of hydrogen-bond donors (Lipinski definition) is 1. The Balaban J connectivity index is 1.69. The smallest absolute Gasteiger partial charge is 0.170 e. The van der Waals surface area contributed by atoms with E-state index in [9.17, 15) is 0 Å². The van der Waals surface area contributed by atoms with Crippen molar-refractivity contribution in [2.75, 3.05) is 20.3 Å². The lowest BCUT2D eigenvalue weighted by atomic mass is 9.80. The predicted octanol–water partition coefficient (Wildman–Crippen LogP) is 2.12. The molecule has 1 heterocycles. The number of ether oxygens (including phenoxy) is 2. The van der Waals surface area contributed by atoms with Gasteiger partial charge in [0.05, 0.1) is 13.2 Å². The normalized spacial score (nSPS) is 41.4. The molecule has 2 N–H and O–H groups in total. The highest BCUT2D eigenvalue weighted by molar-refractivity contribution is 4.97. The van der Waals surface area contributed by atoms with Crippen molar-refractivity contribution >= 4 is 0 Å². The lowest BCUT2D eigenvalue weighted by molar-refractivity contribution is -0.193. The fourth-order valence-electron chi connectivity index (χ4n) is 4.50. The lowest BCUT2D eigenvalue weighted by Gasteiger charge is -2.48. The minimum atomic E-state index is -0.327. The van der Waals surface area contributed by atoms with Crippen LogP contribution in [0.15, 0.2) is 0 Å². The van der Waals surface area contributed by atoms with E-state index in [1.165, 1.54) is 25.7 Å². The second-order valence-electron chi connectivity index (χ2n) is 7.08. The van der Waals surface area contributed by atoms with Crippen LogP contribution >= 0.6 is 0 Å². The van der Waals surface area contributed by atoms with Crippen LogP contribution in [0.25, 0.3) is 0 Å². The van der Waals surface area contributed by atoms with Crippen molar-refractivity contribution in [1.82, 2.24) is 4.90 Å². The van der Waals surface area contributed by atoms with Gasteiger partial charge in [-0.2, -0.15) is 0 Å². The highest BCUT2D eigenvalue weighted by Gasteiger charge is 2.46. The standard InChI is InChI=1S/C16H30N2O2/c1-12-5-3-4-6-14(12)18(2)15-11-16(8-7-13(15)17)19-9-10-20-16/h12-15H,3-11,17H2,1-2H3. The maximum absolute atomic E-state index is 6.43. The van der Waals surface area contributed by atoms with Crippen LogP contribution in [-0.2, 0) is 9.47 Å². The van der Waals surface area contributed by atoms with E-state index >= 15 is 0 Å².